The first-order chi connectivity index (χ1) is 17.5. The second kappa shape index (κ2) is 12.6. The molecule has 0 heterocycles. The van der Waals surface area contributed by atoms with E-state index in [2.05, 4.69) is 10.6 Å². The van der Waals surface area contributed by atoms with Crippen molar-refractivity contribution in [3.8, 4) is 11.5 Å². The van der Waals surface area contributed by atoms with Crippen LogP contribution in [0.5, 0.6) is 11.5 Å². The number of alkyl halides is 2. The summed E-state index contributed by atoms with van der Waals surface area (Å²) in [5.41, 5.74) is 0.522. The SMILES string of the molecule is C[C@H](NC(=O)OCc1ccccc1)c1ccc(O[C@H]2CCC[C@@H]2NC(=O)OC(C)(C)C)cc1OC(F)F. The van der Waals surface area contributed by atoms with Gasteiger partial charge in [-0.1, -0.05) is 30.3 Å². The van der Waals surface area contributed by atoms with Crippen LogP contribution in [0.15, 0.2) is 48.5 Å². The van der Waals surface area contributed by atoms with Gasteiger partial charge in [-0.15, -0.1) is 0 Å². The second-order valence-corrected chi connectivity index (χ2v) is 9.85. The minimum Gasteiger partial charge on any atom is -0.488 e. The third-order valence-electron chi connectivity index (χ3n) is 5.66. The number of ether oxygens (including phenoxy) is 4. The Kier molecular flexibility index (Phi) is 9.54. The first kappa shape index (κ1) is 28.0. The lowest BCUT2D eigenvalue weighted by Gasteiger charge is -2.26. The van der Waals surface area contributed by atoms with Crippen LogP contribution in [0.25, 0.3) is 0 Å². The highest BCUT2D eigenvalue weighted by molar-refractivity contribution is 5.68. The highest BCUT2D eigenvalue weighted by Crippen LogP contribution is 2.33. The maximum atomic E-state index is 13.2. The molecule has 2 amide bonds. The fourth-order valence-electron chi connectivity index (χ4n) is 4.03. The van der Waals surface area contributed by atoms with Crippen LogP contribution >= 0.6 is 0 Å². The van der Waals surface area contributed by atoms with E-state index in [1.165, 1.54) is 6.07 Å². The summed E-state index contributed by atoms with van der Waals surface area (Å²) < 4.78 is 47.7. The van der Waals surface area contributed by atoms with Gasteiger partial charge in [-0.25, -0.2) is 9.59 Å². The van der Waals surface area contributed by atoms with Crippen molar-refractivity contribution < 1.29 is 37.3 Å². The van der Waals surface area contributed by atoms with Crippen LogP contribution in [-0.4, -0.2) is 36.5 Å². The van der Waals surface area contributed by atoms with E-state index < -0.39 is 30.4 Å². The van der Waals surface area contributed by atoms with Gasteiger partial charge in [-0.05, 0) is 64.7 Å². The van der Waals surface area contributed by atoms with E-state index in [9.17, 15) is 18.4 Å². The van der Waals surface area contributed by atoms with Crippen molar-refractivity contribution in [3.63, 3.8) is 0 Å². The molecule has 2 N–H and O–H groups in total. The van der Waals surface area contributed by atoms with Crippen LogP contribution in [0, 0.1) is 0 Å². The number of hydrogen-bond donors (Lipinski definition) is 2. The molecular weight excluding hydrogens is 486 g/mol. The minimum absolute atomic E-state index is 0.0758. The smallest absolute Gasteiger partial charge is 0.408 e. The molecule has 1 aliphatic carbocycles. The summed E-state index contributed by atoms with van der Waals surface area (Å²) in [5.74, 6) is 0.180. The Morgan fingerprint density at radius 2 is 1.78 bits per heavy atom. The summed E-state index contributed by atoms with van der Waals surface area (Å²) >= 11 is 0. The van der Waals surface area contributed by atoms with Crippen molar-refractivity contribution in [3.05, 3.63) is 59.7 Å². The van der Waals surface area contributed by atoms with Crippen molar-refractivity contribution in [1.29, 1.82) is 0 Å². The van der Waals surface area contributed by atoms with Crippen molar-refractivity contribution in [2.24, 2.45) is 0 Å². The summed E-state index contributed by atoms with van der Waals surface area (Å²) in [6.45, 7) is 3.97. The molecule has 0 saturated heterocycles. The van der Waals surface area contributed by atoms with Gasteiger partial charge in [0.2, 0.25) is 0 Å². The van der Waals surface area contributed by atoms with Gasteiger partial charge in [0.25, 0.3) is 0 Å². The molecule has 0 aliphatic heterocycles. The fourth-order valence-corrected chi connectivity index (χ4v) is 4.03. The molecule has 0 spiro atoms. The van der Waals surface area contributed by atoms with Gasteiger partial charge >= 0.3 is 18.8 Å². The van der Waals surface area contributed by atoms with Crippen LogP contribution in [-0.2, 0) is 16.1 Å². The zero-order valence-electron chi connectivity index (χ0n) is 21.5. The number of benzene rings is 2. The number of alkyl carbamates (subject to hydrolysis) is 2. The lowest BCUT2D eigenvalue weighted by atomic mass is 10.1. The molecule has 2 aromatic carbocycles. The Labute approximate surface area is 215 Å². The quantitative estimate of drug-likeness (QED) is 0.415. The first-order valence-electron chi connectivity index (χ1n) is 12.2. The summed E-state index contributed by atoms with van der Waals surface area (Å²) in [6.07, 6.45) is 0.620. The summed E-state index contributed by atoms with van der Waals surface area (Å²) in [7, 11) is 0. The van der Waals surface area contributed by atoms with E-state index >= 15 is 0 Å². The first-order valence-corrected chi connectivity index (χ1v) is 12.2. The molecule has 1 aliphatic rings. The molecule has 0 bridgehead atoms. The summed E-state index contributed by atoms with van der Waals surface area (Å²) in [5, 5.41) is 5.46. The van der Waals surface area contributed by atoms with Gasteiger partial charge in [0.15, 0.2) is 0 Å². The summed E-state index contributed by atoms with van der Waals surface area (Å²) in [6, 6.07) is 12.7. The number of carbonyl (C=O) groups excluding carboxylic acids is 2. The highest BCUT2D eigenvalue weighted by Gasteiger charge is 2.32. The molecule has 2 aromatic rings. The van der Waals surface area contributed by atoms with E-state index in [-0.39, 0.29) is 24.5 Å². The predicted molar refractivity (Wildman–Crippen MR) is 133 cm³/mol. The van der Waals surface area contributed by atoms with Gasteiger partial charge in [0.05, 0.1) is 12.1 Å². The molecule has 37 heavy (non-hydrogen) atoms. The molecule has 0 aromatic heterocycles. The standard InChI is InChI=1S/C27H34F2N2O6/c1-17(30-25(32)34-16-18-9-6-5-7-10-18)20-14-13-19(15-23(20)36-24(28)29)35-22-12-8-11-21(22)31-26(33)37-27(2,3)4/h5-7,9-10,13-15,17,21-22,24H,8,11-12,16H2,1-4H3,(H,30,32)(H,31,33)/t17-,21-,22-/m0/s1. The average Bonchev–Trinajstić information content (AvgIpc) is 3.23. The molecular formula is C27H34F2N2O6. The van der Waals surface area contributed by atoms with Crippen LogP contribution in [0.3, 0.4) is 0 Å². The van der Waals surface area contributed by atoms with E-state index in [0.717, 1.165) is 12.0 Å². The molecule has 1 saturated carbocycles. The zero-order valence-corrected chi connectivity index (χ0v) is 21.5. The minimum atomic E-state index is -3.07. The zero-order chi connectivity index (χ0) is 27.0. The van der Waals surface area contributed by atoms with Gasteiger partial charge in [0.1, 0.15) is 29.8 Å². The fraction of sp³-hybridized carbons (Fsp3) is 0.481. The third kappa shape index (κ3) is 9.11. The molecule has 8 nitrogen and oxygen atoms in total. The van der Waals surface area contributed by atoms with Crippen molar-refractivity contribution in [2.75, 3.05) is 0 Å². The molecule has 3 rings (SSSR count). The third-order valence-corrected chi connectivity index (χ3v) is 5.66. The van der Waals surface area contributed by atoms with Gasteiger partial charge in [-0.2, -0.15) is 8.78 Å². The number of amides is 2. The van der Waals surface area contributed by atoms with E-state index in [4.69, 9.17) is 18.9 Å². The van der Waals surface area contributed by atoms with Crippen molar-refractivity contribution in [2.45, 2.75) is 84.0 Å². The monoisotopic (exact) mass is 520 g/mol. The molecule has 202 valence electrons. The lowest BCUT2D eigenvalue weighted by molar-refractivity contribution is -0.0508. The van der Waals surface area contributed by atoms with Crippen LogP contribution in [0.2, 0.25) is 0 Å². The second-order valence-electron chi connectivity index (χ2n) is 9.85. The Bertz CT molecular complexity index is 1040. The van der Waals surface area contributed by atoms with Crippen molar-refractivity contribution >= 4 is 12.2 Å². The van der Waals surface area contributed by atoms with E-state index in [0.29, 0.717) is 24.2 Å². The molecule has 0 unspecified atom stereocenters. The predicted octanol–water partition coefficient (Wildman–Crippen LogP) is 6.10. The number of hydrogen-bond acceptors (Lipinski definition) is 6. The molecule has 0 radical (unpaired) electrons. The summed E-state index contributed by atoms with van der Waals surface area (Å²) in [4.78, 5) is 24.4. The van der Waals surface area contributed by atoms with E-state index in [1.807, 2.05) is 30.3 Å². The normalized spacial score (nSPS) is 18.1. The Morgan fingerprint density at radius 1 is 1.05 bits per heavy atom. The van der Waals surface area contributed by atoms with E-state index in [1.54, 1.807) is 39.8 Å². The van der Waals surface area contributed by atoms with Crippen LogP contribution in [0.1, 0.15) is 64.1 Å². The largest absolute Gasteiger partial charge is 0.488 e. The number of nitrogens with one attached hydrogen (secondary N) is 2. The maximum absolute atomic E-state index is 13.2. The molecule has 3 atom stereocenters. The van der Waals surface area contributed by atoms with Crippen LogP contribution in [0.4, 0.5) is 18.4 Å². The Hall–Kier alpha value is -3.56. The Morgan fingerprint density at radius 3 is 2.46 bits per heavy atom. The number of rotatable bonds is 9. The lowest BCUT2D eigenvalue weighted by Crippen LogP contribution is -2.44. The maximum Gasteiger partial charge on any atom is 0.408 e. The van der Waals surface area contributed by atoms with Gasteiger partial charge in [-0.3, -0.25) is 0 Å². The Balaban J connectivity index is 1.64. The van der Waals surface area contributed by atoms with Crippen molar-refractivity contribution in [1.82, 2.24) is 10.6 Å². The van der Waals surface area contributed by atoms with Crippen LogP contribution < -0.4 is 20.1 Å². The highest BCUT2D eigenvalue weighted by atomic mass is 19.3. The van der Waals surface area contributed by atoms with Gasteiger partial charge < -0.3 is 29.6 Å². The average molecular weight is 521 g/mol. The molecule has 1 fully saturated rings. The number of carbonyl (C=O) groups is 2. The van der Waals surface area contributed by atoms with Gasteiger partial charge in [0, 0.05) is 11.6 Å². The topological polar surface area (TPSA) is 95.1 Å². The molecule has 10 heteroatoms. The number of halogens is 2.